The van der Waals surface area contributed by atoms with Gasteiger partial charge < -0.3 is 9.64 Å². The van der Waals surface area contributed by atoms with Gasteiger partial charge >= 0.3 is 0 Å². The Balaban J connectivity index is 1.48. The molecule has 28 heavy (non-hydrogen) atoms. The summed E-state index contributed by atoms with van der Waals surface area (Å²) in [4.78, 5) is 5.08. The van der Waals surface area contributed by atoms with Gasteiger partial charge in [0.25, 0.3) is 0 Å². The van der Waals surface area contributed by atoms with Gasteiger partial charge in [0.1, 0.15) is 5.75 Å². The summed E-state index contributed by atoms with van der Waals surface area (Å²) in [7, 11) is 1.71. The molecule has 1 aliphatic heterocycles. The van der Waals surface area contributed by atoms with Gasteiger partial charge in [-0.15, -0.1) is 0 Å². The summed E-state index contributed by atoms with van der Waals surface area (Å²) in [5.41, 5.74) is 4.00. The van der Waals surface area contributed by atoms with E-state index in [-0.39, 0.29) is 0 Å². The molecule has 3 nitrogen and oxygen atoms in total. The molecule has 1 saturated heterocycles. The zero-order chi connectivity index (χ0) is 19.3. The zero-order valence-electron chi connectivity index (χ0n) is 16.7. The van der Waals surface area contributed by atoms with Gasteiger partial charge in [-0.05, 0) is 42.3 Å². The molecule has 0 bridgehead atoms. The third kappa shape index (κ3) is 4.37. The molecule has 0 radical (unpaired) electrons. The normalized spacial score (nSPS) is 16.8. The molecule has 144 valence electrons. The van der Waals surface area contributed by atoms with Gasteiger partial charge in [0.2, 0.25) is 0 Å². The van der Waals surface area contributed by atoms with Gasteiger partial charge in [-0.2, -0.15) is 0 Å². The van der Waals surface area contributed by atoms with E-state index < -0.39 is 0 Å². The van der Waals surface area contributed by atoms with Crippen LogP contribution in [0.3, 0.4) is 0 Å². The lowest BCUT2D eigenvalue weighted by atomic mass is 10.1. The Bertz CT molecular complexity index is 823. The molecule has 1 aliphatic rings. The van der Waals surface area contributed by atoms with Crippen LogP contribution in [0.2, 0.25) is 0 Å². The molecule has 0 saturated carbocycles. The molecule has 0 spiro atoms. The van der Waals surface area contributed by atoms with Crippen LogP contribution in [0.4, 0.5) is 5.69 Å². The predicted molar refractivity (Wildman–Crippen MR) is 116 cm³/mol. The van der Waals surface area contributed by atoms with Crippen molar-refractivity contribution in [2.45, 2.75) is 32.1 Å². The van der Waals surface area contributed by atoms with Crippen LogP contribution in [0.25, 0.3) is 0 Å². The van der Waals surface area contributed by atoms with E-state index in [1.165, 1.54) is 16.8 Å². The van der Waals surface area contributed by atoms with Crippen molar-refractivity contribution in [3.05, 3.63) is 96.1 Å². The van der Waals surface area contributed by atoms with Crippen LogP contribution in [0.1, 0.15) is 18.1 Å². The SMILES string of the molecule is COc1ccc(N2C[C@H]2[C@H](C)N(Cc2ccccc2)Cc2ccccc2)cc1. The van der Waals surface area contributed by atoms with E-state index in [4.69, 9.17) is 4.74 Å². The Labute approximate surface area is 168 Å². The first-order chi connectivity index (χ1) is 13.7. The number of hydrogen-bond acceptors (Lipinski definition) is 3. The summed E-state index contributed by atoms with van der Waals surface area (Å²) < 4.78 is 5.29. The highest BCUT2D eigenvalue weighted by molar-refractivity contribution is 5.56. The van der Waals surface area contributed by atoms with Crippen LogP contribution in [-0.4, -0.2) is 30.6 Å². The number of hydrogen-bond donors (Lipinski definition) is 0. The summed E-state index contributed by atoms with van der Waals surface area (Å²) in [5, 5.41) is 0. The summed E-state index contributed by atoms with van der Waals surface area (Å²) in [5.74, 6) is 0.907. The fourth-order valence-electron chi connectivity index (χ4n) is 3.86. The fraction of sp³-hybridized carbons (Fsp3) is 0.280. The van der Waals surface area contributed by atoms with Gasteiger partial charge in [-0.1, -0.05) is 60.7 Å². The number of ether oxygens (including phenoxy) is 1. The van der Waals surface area contributed by atoms with Crippen LogP contribution in [0.5, 0.6) is 5.75 Å². The second kappa shape index (κ2) is 8.49. The topological polar surface area (TPSA) is 15.5 Å². The van der Waals surface area contributed by atoms with Crippen molar-refractivity contribution >= 4 is 5.69 Å². The molecule has 3 aromatic carbocycles. The third-order valence-corrected chi connectivity index (χ3v) is 5.64. The van der Waals surface area contributed by atoms with E-state index in [1.54, 1.807) is 7.11 Å². The van der Waals surface area contributed by atoms with Gasteiger partial charge in [0.15, 0.2) is 0 Å². The average molecular weight is 373 g/mol. The highest BCUT2D eigenvalue weighted by atomic mass is 16.5. The Morgan fingerprint density at radius 3 is 1.89 bits per heavy atom. The van der Waals surface area contributed by atoms with Gasteiger partial charge in [-0.25, -0.2) is 0 Å². The van der Waals surface area contributed by atoms with Crippen LogP contribution in [0.15, 0.2) is 84.9 Å². The molecule has 3 heteroatoms. The van der Waals surface area contributed by atoms with Crippen molar-refractivity contribution < 1.29 is 4.74 Å². The molecule has 0 N–H and O–H groups in total. The maximum absolute atomic E-state index is 5.29. The van der Waals surface area contributed by atoms with E-state index in [2.05, 4.69) is 89.5 Å². The molecule has 0 unspecified atom stereocenters. The van der Waals surface area contributed by atoms with Crippen molar-refractivity contribution in [3.63, 3.8) is 0 Å². The van der Waals surface area contributed by atoms with Crippen molar-refractivity contribution in [3.8, 4) is 5.75 Å². The minimum atomic E-state index is 0.461. The first-order valence-corrected chi connectivity index (χ1v) is 9.97. The minimum Gasteiger partial charge on any atom is -0.497 e. The monoisotopic (exact) mass is 372 g/mol. The predicted octanol–water partition coefficient (Wildman–Crippen LogP) is 4.97. The Hall–Kier alpha value is -2.78. The van der Waals surface area contributed by atoms with Crippen LogP contribution >= 0.6 is 0 Å². The quantitative estimate of drug-likeness (QED) is 0.519. The molecule has 0 aliphatic carbocycles. The molecule has 1 fully saturated rings. The third-order valence-electron chi connectivity index (χ3n) is 5.64. The summed E-state index contributed by atoms with van der Waals surface area (Å²) in [6.45, 7) is 5.39. The maximum Gasteiger partial charge on any atom is 0.119 e. The van der Waals surface area contributed by atoms with Crippen molar-refractivity contribution in [2.24, 2.45) is 0 Å². The molecule has 4 rings (SSSR count). The Morgan fingerprint density at radius 1 is 0.857 bits per heavy atom. The van der Waals surface area contributed by atoms with E-state index in [0.717, 1.165) is 25.4 Å². The average Bonchev–Trinajstić information content (AvgIpc) is 3.55. The minimum absolute atomic E-state index is 0.461. The van der Waals surface area contributed by atoms with E-state index in [0.29, 0.717) is 12.1 Å². The van der Waals surface area contributed by atoms with E-state index in [9.17, 15) is 0 Å². The molecule has 1 heterocycles. The smallest absolute Gasteiger partial charge is 0.119 e. The van der Waals surface area contributed by atoms with Gasteiger partial charge in [-0.3, -0.25) is 4.90 Å². The lowest BCUT2D eigenvalue weighted by Gasteiger charge is -2.29. The van der Waals surface area contributed by atoms with E-state index in [1.807, 2.05) is 12.1 Å². The number of anilines is 1. The van der Waals surface area contributed by atoms with E-state index >= 15 is 0 Å². The highest BCUT2D eigenvalue weighted by Crippen LogP contribution is 2.33. The van der Waals surface area contributed by atoms with Crippen LogP contribution in [-0.2, 0) is 13.1 Å². The first kappa shape index (κ1) is 18.6. The summed E-state index contributed by atoms with van der Waals surface area (Å²) in [6.07, 6.45) is 0. The maximum atomic E-state index is 5.29. The molecule has 3 aromatic rings. The Morgan fingerprint density at radius 2 is 1.39 bits per heavy atom. The zero-order valence-corrected chi connectivity index (χ0v) is 16.7. The Kier molecular flexibility index (Phi) is 5.63. The molecular weight excluding hydrogens is 344 g/mol. The second-order valence-corrected chi connectivity index (χ2v) is 7.53. The van der Waals surface area contributed by atoms with Crippen molar-refractivity contribution in [1.82, 2.24) is 4.90 Å². The second-order valence-electron chi connectivity index (χ2n) is 7.53. The lowest BCUT2D eigenvalue weighted by molar-refractivity contribution is 0.190. The highest BCUT2D eigenvalue weighted by Gasteiger charge is 2.41. The molecule has 2 atom stereocenters. The van der Waals surface area contributed by atoms with Crippen molar-refractivity contribution in [2.75, 3.05) is 18.6 Å². The standard InChI is InChI=1S/C25H28N2O/c1-20(25-19-27(25)23-13-15-24(28-2)16-14-23)26(17-21-9-5-3-6-10-21)18-22-11-7-4-8-12-22/h3-16,20,25H,17-19H2,1-2H3/t20-,25-,27?/m0/s1. The number of nitrogens with zero attached hydrogens (tertiary/aromatic N) is 2. The number of rotatable bonds is 8. The molecular formula is C25H28N2O. The summed E-state index contributed by atoms with van der Waals surface area (Å²) >= 11 is 0. The van der Waals surface area contributed by atoms with Crippen LogP contribution in [0, 0.1) is 0 Å². The van der Waals surface area contributed by atoms with Gasteiger partial charge in [0.05, 0.1) is 13.2 Å². The fourth-order valence-corrected chi connectivity index (χ4v) is 3.86. The lowest BCUT2D eigenvalue weighted by Crippen LogP contribution is -2.37. The number of methoxy groups -OCH3 is 1. The van der Waals surface area contributed by atoms with Gasteiger partial charge in [0, 0.05) is 31.4 Å². The molecule has 0 amide bonds. The number of benzene rings is 3. The largest absolute Gasteiger partial charge is 0.497 e. The summed E-state index contributed by atoms with van der Waals surface area (Å²) in [6, 6.07) is 31.0. The van der Waals surface area contributed by atoms with Crippen LogP contribution < -0.4 is 9.64 Å². The molecule has 0 aromatic heterocycles. The van der Waals surface area contributed by atoms with Crippen molar-refractivity contribution in [1.29, 1.82) is 0 Å². The first-order valence-electron chi connectivity index (χ1n) is 9.97.